The maximum Gasteiger partial charge on any atom is 0.256 e. The van der Waals surface area contributed by atoms with Crippen LogP contribution >= 0.6 is 0 Å². The molecule has 0 bridgehead atoms. The second-order valence-electron chi connectivity index (χ2n) is 3.81. The number of hydrogen-bond donors (Lipinski definition) is 2. The van der Waals surface area contributed by atoms with Gasteiger partial charge in [-0.2, -0.15) is 5.10 Å². The number of nitrogens with one attached hydrogen (secondary N) is 1. The first-order valence-electron chi connectivity index (χ1n) is 5.42. The Morgan fingerprint density at radius 1 is 1.21 bits per heavy atom. The van der Waals surface area contributed by atoms with Crippen LogP contribution in [-0.2, 0) is 22.4 Å². The molecule has 2 rings (SSSR count). The van der Waals surface area contributed by atoms with Crippen LogP contribution in [0, 0.1) is 0 Å². The standard InChI is InChI=1S/C11H12N4O3S/c16-7-9-2-1-3-10(6-9)8-19(17,18)15-11-12-4-5-13-14-11/h1-6,16H,7-8H2,(H,12,14,15). The minimum Gasteiger partial charge on any atom is -0.392 e. The van der Waals surface area contributed by atoms with E-state index in [9.17, 15) is 8.42 Å². The number of aliphatic hydroxyl groups excluding tert-OH is 1. The van der Waals surface area contributed by atoms with Gasteiger partial charge in [0, 0.05) is 0 Å². The number of anilines is 1. The third kappa shape index (κ3) is 3.97. The van der Waals surface area contributed by atoms with Crippen molar-refractivity contribution in [1.29, 1.82) is 0 Å². The number of rotatable bonds is 5. The molecule has 1 heterocycles. The molecule has 19 heavy (non-hydrogen) atoms. The van der Waals surface area contributed by atoms with Gasteiger partial charge in [0.15, 0.2) is 0 Å². The predicted molar refractivity (Wildman–Crippen MR) is 68.4 cm³/mol. The lowest BCUT2D eigenvalue weighted by molar-refractivity contribution is 0.282. The first kappa shape index (κ1) is 13.4. The molecule has 0 atom stereocenters. The highest BCUT2D eigenvalue weighted by molar-refractivity contribution is 7.91. The van der Waals surface area contributed by atoms with E-state index in [2.05, 4.69) is 19.9 Å². The molecule has 2 aromatic rings. The van der Waals surface area contributed by atoms with Crippen molar-refractivity contribution in [3.05, 3.63) is 47.8 Å². The summed E-state index contributed by atoms with van der Waals surface area (Å²) in [7, 11) is -3.61. The average molecular weight is 280 g/mol. The molecule has 100 valence electrons. The first-order chi connectivity index (χ1) is 9.09. The molecule has 1 aromatic heterocycles. The fourth-order valence-corrected chi connectivity index (χ4v) is 2.57. The zero-order chi connectivity index (χ0) is 13.7. The lowest BCUT2D eigenvalue weighted by atomic mass is 10.1. The van der Waals surface area contributed by atoms with Crippen LogP contribution < -0.4 is 4.72 Å². The van der Waals surface area contributed by atoms with Gasteiger partial charge in [0.25, 0.3) is 5.95 Å². The highest BCUT2D eigenvalue weighted by Gasteiger charge is 2.13. The Kier molecular flexibility index (Phi) is 4.03. The summed E-state index contributed by atoms with van der Waals surface area (Å²) in [5.74, 6) is -0.292. The maximum absolute atomic E-state index is 11.9. The molecule has 0 unspecified atom stereocenters. The summed E-state index contributed by atoms with van der Waals surface area (Å²) in [6.45, 7) is -0.132. The van der Waals surface area contributed by atoms with Crippen LogP contribution in [0.3, 0.4) is 0 Å². The van der Waals surface area contributed by atoms with Gasteiger partial charge in [0.2, 0.25) is 10.0 Å². The van der Waals surface area contributed by atoms with Gasteiger partial charge in [0.1, 0.15) is 0 Å². The summed E-state index contributed by atoms with van der Waals surface area (Å²) in [5, 5.41) is 16.1. The molecule has 0 saturated carbocycles. The molecule has 0 radical (unpaired) electrons. The molecular formula is C11H12N4O3S. The topological polar surface area (TPSA) is 105 Å². The van der Waals surface area contributed by atoms with Crippen molar-refractivity contribution in [3.8, 4) is 0 Å². The monoisotopic (exact) mass is 280 g/mol. The molecule has 7 nitrogen and oxygen atoms in total. The SMILES string of the molecule is O=S(=O)(Cc1cccc(CO)c1)Nc1nccnn1. The second-order valence-corrected chi connectivity index (χ2v) is 5.53. The van der Waals surface area contributed by atoms with Gasteiger partial charge in [-0.3, -0.25) is 0 Å². The van der Waals surface area contributed by atoms with Crippen molar-refractivity contribution in [2.45, 2.75) is 12.4 Å². The Hall–Kier alpha value is -2.06. The number of aliphatic hydroxyl groups is 1. The molecule has 0 spiro atoms. The van der Waals surface area contributed by atoms with E-state index in [0.29, 0.717) is 11.1 Å². The summed E-state index contributed by atoms with van der Waals surface area (Å²) in [5.41, 5.74) is 1.23. The van der Waals surface area contributed by atoms with Gasteiger partial charge in [-0.05, 0) is 11.1 Å². The number of hydrogen-bond acceptors (Lipinski definition) is 6. The minimum atomic E-state index is -3.61. The molecule has 0 fully saturated rings. The zero-order valence-corrected chi connectivity index (χ0v) is 10.7. The fourth-order valence-electron chi connectivity index (χ4n) is 1.51. The third-order valence-corrected chi connectivity index (χ3v) is 3.47. The number of aromatic nitrogens is 3. The van der Waals surface area contributed by atoms with E-state index < -0.39 is 10.0 Å². The van der Waals surface area contributed by atoms with E-state index in [1.54, 1.807) is 24.3 Å². The Bertz CT molecular complexity index is 646. The molecule has 0 aliphatic rings. The number of nitrogens with zero attached hydrogens (tertiary/aromatic N) is 3. The Morgan fingerprint density at radius 3 is 2.68 bits per heavy atom. The van der Waals surface area contributed by atoms with Gasteiger partial charge in [-0.1, -0.05) is 24.3 Å². The Labute approximate surface area is 110 Å². The van der Waals surface area contributed by atoms with E-state index in [1.807, 2.05) is 0 Å². The van der Waals surface area contributed by atoms with E-state index >= 15 is 0 Å². The summed E-state index contributed by atoms with van der Waals surface area (Å²) < 4.78 is 26.0. The third-order valence-electron chi connectivity index (χ3n) is 2.26. The lowest BCUT2D eigenvalue weighted by Gasteiger charge is -2.06. The van der Waals surface area contributed by atoms with Crippen molar-refractivity contribution in [2.24, 2.45) is 0 Å². The summed E-state index contributed by atoms with van der Waals surface area (Å²) in [4.78, 5) is 3.74. The summed E-state index contributed by atoms with van der Waals surface area (Å²) in [6, 6.07) is 6.70. The van der Waals surface area contributed by atoms with E-state index in [-0.39, 0.29) is 18.3 Å². The minimum absolute atomic E-state index is 0.0687. The molecule has 8 heteroatoms. The molecule has 0 amide bonds. The van der Waals surface area contributed by atoms with Gasteiger partial charge in [-0.25, -0.2) is 18.1 Å². The molecule has 1 aromatic carbocycles. The summed E-state index contributed by atoms with van der Waals surface area (Å²) >= 11 is 0. The Balaban J connectivity index is 2.12. The quantitative estimate of drug-likeness (QED) is 0.816. The first-order valence-corrected chi connectivity index (χ1v) is 7.07. The number of sulfonamides is 1. The van der Waals surface area contributed by atoms with Crippen LogP contribution in [-0.4, -0.2) is 28.7 Å². The van der Waals surface area contributed by atoms with E-state index in [4.69, 9.17) is 5.11 Å². The smallest absolute Gasteiger partial charge is 0.256 e. The lowest BCUT2D eigenvalue weighted by Crippen LogP contribution is -2.17. The van der Waals surface area contributed by atoms with Crippen molar-refractivity contribution in [3.63, 3.8) is 0 Å². The van der Waals surface area contributed by atoms with Crippen molar-refractivity contribution >= 4 is 16.0 Å². The van der Waals surface area contributed by atoms with Crippen LogP contribution in [0.25, 0.3) is 0 Å². The largest absolute Gasteiger partial charge is 0.392 e. The Morgan fingerprint density at radius 2 is 2.00 bits per heavy atom. The van der Waals surface area contributed by atoms with E-state index in [1.165, 1.54) is 12.4 Å². The number of benzene rings is 1. The normalized spacial score (nSPS) is 11.2. The highest BCUT2D eigenvalue weighted by atomic mass is 32.2. The van der Waals surface area contributed by atoms with Crippen molar-refractivity contribution in [2.75, 3.05) is 4.72 Å². The highest BCUT2D eigenvalue weighted by Crippen LogP contribution is 2.10. The maximum atomic E-state index is 11.9. The van der Waals surface area contributed by atoms with Crippen molar-refractivity contribution in [1.82, 2.24) is 15.2 Å². The van der Waals surface area contributed by atoms with Gasteiger partial charge < -0.3 is 5.11 Å². The van der Waals surface area contributed by atoms with Crippen LogP contribution in [0.1, 0.15) is 11.1 Å². The molecule has 2 N–H and O–H groups in total. The van der Waals surface area contributed by atoms with Crippen LogP contribution in [0.5, 0.6) is 0 Å². The van der Waals surface area contributed by atoms with Crippen LogP contribution in [0.2, 0.25) is 0 Å². The predicted octanol–water partition coefficient (Wildman–Crippen LogP) is 0.306. The zero-order valence-electron chi connectivity index (χ0n) is 9.89. The van der Waals surface area contributed by atoms with Gasteiger partial charge >= 0.3 is 0 Å². The van der Waals surface area contributed by atoms with Crippen LogP contribution in [0.15, 0.2) is 36.7 Å². The van der Waals surface area contributed by atoms with Crippen LogP contribution in [0.4, 0.5) is 5.95 Å². The van der Waals surface area contributed by atoms with E-state index in [0.717, 1.165) is 0 Å². The average Bonchev–Trinajstić information content (AvgIpc) is 2.39. The van der Waals surface area contributed by atoms with Crippen molar-refractivity contribution < 1.29 is 13.5 Å². The molecule has 0 aliphatic carbocycles. The molecule has 0 saturated heterocycles. The van der Waals surface area contributed by atoms with Gasteiger partial charge in [0.05, 0.1) is 24.8 Å². The molecular weight excluding hydrogens is 268 g/mol. The fraction of sp³-hybridized carbons (Fsp3) is 0.182. The summed E-state index contributed by atoms with van der Waals surface area (Å²) in [6.07, 6.45) is 2.69. The second kappa shape index (κ2) is 5.72. The van der Waals surface area contributed by atoms with Gasteiger partial charge in [-0.15, -0.1) is 5.10 Å². The molecule has 0 aliphatic heterocycles.